The Labute approximate surface area is 229 Å². The van der Waals surface area contributed by atoms with E-state index in [0.717, 1.165) is 52.9 Å². The predicted molar refractivity (Wildman–Crippen MR) is 156 cm³/mol. The van der Waals surface area contributed by atoms with Crippen molar-refractivity contribution in [1.29, 1.82) is 0 Å². The minimum absolute atomic E-state index is 0.0617. The molecule has 39 heavy (non-hydrogen) atoms. The van der Waals surface area contributed by atoms with Crippen molar-refractivity contribution in [3.05, 3.63) is 79.8 Å². The number of carbonyl (C=O) groups is 1. The molecular weight excluding hydrogens is 488 g/mol. The van der Waals surface area contributed by atoms with Gasteiger partial charge in [-0.15, -0.1) is 0 Å². The molecule has 0 saturated carbocycles. The molecular formula is C31H36N6O2. The fourth-order valence-corrected chi connectivity index (χ4v) is 5.29. The van der Waals surface area contributed by atoms with Crippen LogP contribution in [0.1, 0.15) is 6.42 Å². The molecule has 1 fully saturated rings. The van der Waals surface area contributed by atoms with Crippen LogP contribution in [0.3, 0.4) is 0 Å². The Bertz CT molecular complexity index is 1430. The van der Waals surface area contributed by atoms with Gasteiger partial charge in [0.25, 0.3) is 0 Å². The maximum Gasteiger partial charge on any atom is 0.246 e. The topological polar surface area (TPSA) is 77.6 Å². The molecule has 8 nitrogen and oxygen atoms in total. The fourth-order valence-electron chi connectivity index (χ4n) is 5.29. The van der Waals surface area contributed by atoms with E-state index in [1.165, 1.54) is 6.08 Å². The summed E-state index contributed by atoms with van der Waals surface area (Å²) in [7, 11) is 6.28. The van der Waals surface area contributed by atoms with Crippen LogP contribution in [0, 0.1) is 0 Å². The molecule has 1 amide bonds. The van der Waals surface area contributed by atoms with Gasteiger partial charge >= 0.3 is 0 Å². The third kappa shape index (κ3) is 5.72. The second kappa shape index (κ2) is 11.8. The van der Waals surface area contributed by atoms with Crippen LogP contribution in [0.15, 0.2) is 79.8 Å². The number of rotatable bonds is 10. The number of H-pyrrole nitrogens is 1. The molecule has 1 aliphatic heterocycles. The zero-order valence-electron chi connectivity index (χ0n) is 22.9. The highest BCUT2D eigenvalue weighted by molar-refractivity contribution is 6.02. The molecule has 3 aromatic heterocycles. The molecule has 4 heterocycles. The highest BCUT2D eigenvalue weighted by Crippen LogP contribution is 2.40. The van der Waals surface area contributed by atoms with Crippen molar-refractivity contribution < 1.29 is 9.53 Å². The van der Waals surface area contributed by atoms with E-state index in [1.54, 1.807) is 12.4 Å². The zero-order chi connectivity index (χ0) is 27.4. The third-order valence-corrected chi connectivity index (χ3v) is 7.48. The number of hydrogen-bond acceptors (Lipinski definition) is 6. The van der Waals surface area contributed by atoms with Crippen LogP contribution < -0.4 is 4.74 Å². The quantitative estimate of drug-likeness (QED) is 0.312. The number of hydrogen-bond donors (Lipinski definition) is 1. The monoisotopic (exact) mass is 524 g/mol. The van der Waals surface area contributed by atoms with Gasteiger partial charge in [0.05, 0.1) is 29.0 Å². The Balaban J connectivity index is 1.43. The normalized spacial score (nSPS) is 17.3. The van der Waals surface area contributed by atoms with E-state index in [2.05, 4.69) is 64.6 Å². The van der Waals surface area contributed by atoms with Crippen molar-refractivity contribution >= 4 is 16.9 Å². The van der Waals surface area contributed by atoms with Gasteiger partial charge in [0, 0.05) is 49.2 Å². The number of fused-ring (bicyclic) bond motifs is 1. The Hall–Kier alpha value is -4.01. The van der Waals surface area contributed by atoms with E-state index >= 15 is 0 Å². The van der Waals surface area contributed by atoms with Crippen LogP contribution >= 0.6 is 0 Å². The lowest BCUT2D eigenvalue weighted by Gasteiger charge is -2.25. The number of likely N-dealkylation sites (tertiary alicyclic amines) is 1. The molecule has 1 aliphatic rings. The minimum Gasteiger partial charge on any atom is -0.489 e. The number of aromatic amines is 1. The van der Waals surface area contributed by atoms with Gasteiger partial charge in [0.2, 0.25) is 5.91 Å². The average Bonchev–Trinajstić information content (AvgIpc) is 3.57. The van der Waals surface area contributed by atoms with Gasteiger partial charge in [-0.2, -0.15) is 0 Å². The highest BCUT2D eigenvalue weighted by Gasteiger charge is 2.36. The molecule has 1 saturated heterocycles. The van der Waals surface area contributed by atoms with E-state index in [-0.39, 0.29) is 18.0 Å². The first-order valence-electron chi connectivity index (χ1n) is 13.3. The Morgan fingerprint density at radius 1 is 1.13 bits per heavy atom. The van der Waals surface area contributed by atoms with Crippen LogP contribution in [0.4, 0.5) is 0 Å². The average molecular weight is 525 g/mol. The molecule has 0 aliphatic carbocycles. The van der Waals surface area contributed by atoms with Gasteiger partial charge in [-0.25, -0.2) is 0 Å². The van der Waals surface area contributed by atoms with Crippen LogP contribution in [-0.2, 0) is 4.79 Å². The van der Waals surface area contributed by atoms with Gasteiger partial charge < -0.3 is 24.4 Å². The maximum absolute atomic E-state index is 12.8. The molecule has 0 radical (unpaired) electrons. The second-order valence-electron chi connectivity index (χ2n) is 10.3. The van der Waals surface area contributed by atoms with Gasteiger partial charge in [-0.05, 0) is 57.4 Å². The fraction of sp³-hybridized carbons (Fsp3) is 0.323. The molecule has 2 atom stereocenters. The number of nitrogens with zero attached hydrogens (tertiary/aromatic N) is 5. The number of pyridine rings is 2. The summed E-state index contributed by atoms with van der Waals surface area (Å²) in [6, 6.07) is 16.4. The summed E-state index contributed by atoms with van der Waals surface area (Å²) in [5.74, 6) is 0.600. The molecule has 0 spiro atoms. The Morgan fingerprint density at radius 3 is 2.72 bits per heavy atom. The molecule has 1 aromatic carbocycles. The molecule has 0 unspecified atom stereocenters. The summed E-state index contributed by atoms with van der Waals surface area (Å²) in [5.41, 5.74) is 5.79. The van der Waals surface area contributed by atoms with Crippen LogP contribution in [-0.4, -0.2) is 95.0 Å². The predicted octanol–water partition coefficient (Wildman–Crippen LogP) is 4.32. The lowest BCUT2D eigenvalue weighted by atomic mass is 10.0. The van der Waals surface area contributed by atoms with E-state index in [9.17, 15) is 4.79 Å². The van der Waals surface area contributed by atoms with Crippen molar-refractivity contribution in [2.24, 2.45) is 0 Å². The summed E-state index contributed by atoms with van der Waals surface area (Å²) < 4.78 is 6.46. The van der Waals surface area contributed by atoms with E-state index in [1.807, 2.05) is 47.5 Å². The van der Waals surface area contributed by atoms with Gasteiger partial charge in [-0.3, -0.25) is 14.8 Å². The van der Waals surface area contributed by atoms with Crippen molar-refractivity contribution in [1.82, 2.24) is 29.7 Å². The first-order valence-corrected chi connectivity index (χ1v) is 13.3. The Morgan fingerprint density at radius 2 is 1.95 bits per heavy atom. The number of likely N-dealkylation sites (N-methyl/N-ethyl adjacent to an activating group) is 2. The molecule has 5 rings (SSSR count). The van der Waals surface area contributed by atoms with Crippen molar-refractivity contribution in [2.45, 2.75) is 18.5 Å². The highest BCUT2D eigenvalue weighted by atomic mass is 16.5. The van der Waals surface area contributed by atoms with Gasteiger partial charge in [-0.1, -0.05) is 36.9 Å². The SMILES string of the molecule is C=CC(=O)N1C[C@H](N(C)CCN(C)C)C[C@H]1COc1cnccc1-c1[nH]c2cccnc2c1-c1ccccc1. The summed E-state index contributed by atoms with van der Waals surface area (Å²) in [5, 5.41) is 0. The second-order valence-corrected chi connectivity index (χ2v) is 10.3. The zero-order valence-corrected chi connectivity index (χ0v) is 22.9. The van der Waals surface area contributed by atoms with Crippen molar-refractivity contribution in [3.8, 4) is 28.1 Å². The van der Waals surface area contributed by atoms with E-state index in [4.69, 9.17) is 4.74 Å². The molecule has 8 heteroatoms. The molecule has 1 N–H and O–H groups in total. The molecule has 0 bridgehead atoms. The number of ether oxygens (including phenoxy) is 1. The summed E-state index contributed by atoms with van der Waals surface area (Å²) >= 11 is 0. The maximum atomic E-state index is 12.8. The number of aromatic nitrogens is 3. The molecule has 4 aromatic rings. The summed E-state index contributed by atoms with van der Waals surface area (Å²) in [6.07, 6.45) is 7.57. The summed E-state index contributed by atoms with van der Waals surface area (Å²) in [4.78, 5) is 31.8. The molecule has 202 valence electrons. The first kappa shape index (κ1) is 26.6. The number of nitrogens with one attached hydrogen (secondary N) is 1. The van der Waals surface area contributed by atoms with E-state index in [0.29, 0.717) is 18.9 Å². The number of amides is 1. The first-order chi connectivity index (χ1) is 19.0. The third-order valence-electron chi connectivity index (χ3n) is 7.48. The lowest BCUT2D eigenvalue weighted by Crippen LogP contribution is -2.40. The lowest BCUT2D eigenvalue weighted by molar-refractivity contribution is -0.127. The largest absolute Gasteiger partial charge is 0.489 e. The van der Waals surface area contributed by atoms with Crippen LogP contribution in [0.25, 0.3) is 33.4 Å². The summed E-state index contributed by atoms with van der Waals surface area (Å²) in [6.45, 7) is 6.66. The van der Waals surface area contributed by atoms with Crippen LogP contribution in [0.2, 0.25) is 0 Å². The minimum atomic E-state index is -0.0634. The van der Waals surface area contributed by atoms with Gasteiger partial charge in [0.1, 0.15) is 12.4 Å². The van der Waals surface area contributed by atoms with Crippen LogP contribution in [0.5, 0.6) is 5.75 Å². The van der Waals surface area contributed by atoms with Crippen molar-refractivity contribution in [3.63, 3.8) is 0 Å². The van der Waals surface area contributed by atoms with Crippen molar-refractivity contribution in [2.75, 3.05) is 47.4 Å². The number of carbonyl (C=O) groups excluding carboxylic acids is 1. The van der Waals surface area contributed by atoms with Gasteiger partial charge in [0.15, 0.2) is 0 Å². The Kier molecular flexibility index (Phi) is 8.05. The number of benzene rings is 1. The smallest absolute Gasteiger partial charge is 0.246 e. The van der Waals surface area contributed by atoms with E-state index < -0.39 is 0 Å². The standard InChI is InChI=1S/C31H36N6O2/c1-5-28(38)37-20-23(36(4)17-16-35(2)3)18-24(37)21-39-27-19-32-15-13-25(27)30-29(22-10-7-6-8-11-22)31-26(34-30)12-9-14-33-31/h5-15,19,23-24,34H,1,16-18,20-21H2,2-4H3/t23-,24+/m1/s1.